The van der Waals surface area contributed by atoms with Gasteiger partial charge >= 0.3 is 10.1 Å². The molecule has 3 rings (SSSR count). The van der Waals surface area contributed by atoms with Crippen LogP contribution in [0.4, 0.5) is 0 Å². The second kappa shape index (κ2) is 4.84. The summed E-state index contributed by atoms with van der Waals surface area (Å²) < 4.78 is 29.3. The van der Waals surface area contributed by atoms with E-state index < -0.39 is 15.5 Å². The van der Waals surface area contributed by atoms with Crippen molar-refractivity contribution in [3.63, 3.8) is 0 Å². The molecule has 0 aromatic heterocycles. The van der Waals surface area contributed by atoms with Gasteiger partial charge in [0.25, 0.3) is 0 Å². The van der Waals surface area contributed by atoms with E-state index in [0.717, 1.165) is 12.2 Å². The van der Waals surface area contributed by atoms with Crippen molar-refractivity contribution < 1.29 is 17.5 Å². The molecular weight excluding hydrogens is 310 g/mol. The van der Waals surface area contributed by atoms with Crippen LogP contribution in [-0.2, 0) is 19.2 Å². The lowest BCUT2D eigenvalue weighted by Crippen LogP contribution is -2.42. The number of carbonyl (C=O) groups excluding carboxylic acids is 1. The van der Waals surface area contributed by atoms with E-state index in [9.17, 15) is 13.2 Å². The second-order valence-electron chi connectivity index (χ2n) is 6.59. The number of hydrogen-bond acceptors (Lipinski definition) is 6. The zero-order valence-corrected chi connectivity index (χ0v) is 13.8. The van der Waals surface area contributed by atoms with Crippen LogP contribution in [0, 0.1) is 16.7 Å². The smallest absolute Gasteiger partial charge is 0.299 e. The fourth-order valence-corrected chi connectivity index (χ4v) is 6.14. The molecular formula is C14H19NO4S2. The summed E-state index contributed by atoms with van der Waals surface area (Å²) in [5, 5.41) is 4.24. The first-order valence-corrected chi connectivity index (χ1v) is 9.65. The van der Waals surface area contributed by atoms with Gasteiger partial charge in [-0.15, -0.1) is 0 Å². The molecule has 2 bridgehead atoms. The number of Topliss-reactive ketones (excluding diaryl/α,β-unsaturated/α-hetero) is 1. The summed E-state index contributed by atoms with van der Waals surface area (Å²) in [7, 11) is -3.86. The third-order valence-electron chi connectivity index (χ3n) is 5.39. The number of fused-ring (bicyclic) bond motifs is 2. The number of nitrogens with zero attached hydrogens (tertiary/aromatic N) is 1. The third kappa shape index (κ3) is 2.34. The van der Waals surface area contributed by atoms with Crippen LogP contribution in [0.1, 0.15) is 33.1 Å². The van der Waals surface area contributed by atoms with Crippen molar-refractivity contribution in [2.75, 3.05) is 11.5 Å². The van der Waals surface area contributed by atoms with E-state index in [1.54, 1.807) is 6.08 Å². The molecule has 3 aliphatic rings. The van der Waals surface area contributed by atoms with Gasteiger partial charge in [-0.2, -0.15) is 8.42 Å². The van der Waals surface area contributed by atoms with Gasteiger partial charge in [-0.25, -0.2) is 0 Å². The maximum Gasteiger partial charge on any atom is 0.329 e. The van der Waals surface area contributed by atoms with Crippen LogP contribution in [0.3, 0.4) is 0 Å². The molecule has 116 valence electrons. The van der Waals surface area contributed by atoms with E-state index in [2.05, 4.69) is 5.16 Å². The Balaban J connectivity index is 1.80. The van der Waals surface area contributed by atoms with Gasteiger partial charge in [-0.1, -0.05) is 36.8 Å². The van der Waals surface area contributed by atoms with Gasteiger partial charge in [0.1, 0.15) is 16.6 Å². The summed E-state index contributed by atoms with van der Waals surface area (Å²) in [5.41, 5.74) is -1.08. The Morgan fingerprint density at radius 3 is 2.76 bits per heavy atom. The molecule has 0 N–H and O–H groups in total. The van der Waals surface area contributed by atoms with E-state index in [-0.39, 0.29) is 17.0 Å². The Labute approximate surface area is 129 Å². The Kier molecular flexibility index (Phi) is 3.48. The van der Waals surface area contributed by atoms with Crippen molar-refractivity contribution in [3.05, 3.63) is 12.2 Å². The number of hydrogen-bond donors (Lipinski definition) is 0. The van der Waals surface area contributed by atoms with Gasteiger partial charge in [0, 0.05) is 12.2 Å². The third-order valence-corrected chi connectivity index (χ3v) is 7.40. The number of oxime groups is 1. The van der Waals surface area contributed by atoms with Gasteiger partial charge in [-0.05, 0) is 30.3 Å². The molecule has 7 heteroatoms. The molecule has 0 aromatic carbocycles. The molecule has 0 saturated heterocycles. The quantitative estimate of drug-likeness (QED) is 0.740. The van der Waals surface area contributed by atoms with Crippen LogP contribution in [0.2, 0.25) is 0 Å². The van der Waals surface area contributed by atoms with Gasteiger partial charge in [0.2, 0.25) is 0 Å². The molecule has 2 unspecified atom stereocenters. The van der Waals surface area contributed by atoms with Gasteiger partial charge < -0.3 is 0 Å². The summed E-state index contributed by atoms with van der Waals surface area (Å²) in [6.07, 6.45) is 5.67. The Bertz CT molecular complexity index is 635. The molecule has 2 aliphatic carbocycles. The van der Waals surface area contributed by atoms with Crippen LogP contribution < -0.4 is 0 Å². The monoisotopic (exact) mass is 329 g/mol. The Morgan fingerprint density at radius 1 is 1.48 bits per heavy atom. The summed E-state index contributed by atoms with van der Waals surface area (Å²) in [5.74, 6) is 0.880. The van der Waals surface area contributed by atoms with Crippen molar-refractivity contribution in [1.82, 2.24) is 0 Å². The molecule has 1 aliphatic heterocycles. The molecule has 0 spiro atoms. The fraction of sp³-hybridized carbons (Fsp3) is 0.714. The highest BCUT2D eigenvalue weighted by Gasteiger charge is 2.65. The van der Waals surface area contributed by atoms with Crippen LogP contribution in [0.25, 0.3) is 0 Å². The lowest BCUT2D eigenvalue weighted by molar-refractivity contribution is -0.128. The zero-order chi connectivity index (χ0) is 15.3. The average molecular weight is 329 g/mol. The SMILES string of the molecule is CC1(C)C2CCC1(CS(=O)(=O)O/N=C1/C=CCS1)C(=O)C2. The van der Waals surface area contributed by atoms with Crippen molar-refractivity contribution in [2.24, 2.45) is 21.9 Å². The van der Waals surface area contributed by atoms with Crippen LogP contribution >= 0.6 is 11.8 Å². The Hall–Kier alpha value is -0.820. The minimum absolute atomic E-state index is 0.0683. The summed E-state index contributed by atoms with van der Waals surface area (Å²) >= 11 is 1.42. The highest BCUT2D eigenvalue weighted by molar-refractivity contribution is 8.14. The van der Waals surface area contributed by atoms with Crippen molar-refractivity contribution in [1.29, 1.82) is 0 Å². The largest absolute Gasteiger partial charge is 0.329 e. The summed E-state index contributed by atoms with van der Waals surface area (Å²) in [6.45, 7) is 4.01. The highest BCUT2D eigenvalue weighted by Crippen LogP contribution is 2.64. The van der Waals surface area contributed by atoms with Crippen molar-refractivity contribution in [3.8, 4) is 0 Å². The summed E-state index contributed by atoms with van der Waals surface area (Å²) in [6, 6.07) is 0. The van der Waals surface area contributed by atoms with E-state index >= 15 is 0 Å². The van der Waals surface area contributed by atoms with E-state index in [1.807, 2.05) is 19.9 Å². The minimum atomic E-state index is -3.86. The first kappa shape index (κ1) is 15.1. The number of thioether (sulfide) groups is 1. The molecule has 21 heavy (non-hydrogen) atoms. The fourth-order valence-electron chi connectivity index (χ4n) is 3.92. The molecule has 0 amide bonds. The second-order valence-corrected chi connectivity index (χ2v) is 9.18. The number of ketones is 1. The topological polar surface area (TPSA) is 72.8 Å². The molecule has 0 aromatic rings. The molecule has 2 saturated carbocycles. The average Bonchev–Trinajstić information content (AvgIpc) is 3.02. The van der Waals surface area contributed by atoms with Gasteiger partial charge in [0.05, 0.1) is 5.41 Å². The molecule has 0 radical (unpaired) electrons. The molecule has 1 heterocycles. The zero-order valence-electron chi connectivity index (χ0n) is 12.2. The lowest BCUT2D eigenvalue weighted by Gasteiger charge is -2.35. The maximum absolute atomic E-state index is 12.3. The Morgan fingerprint density at radius 2 is 2.24 bits per heavy atom. The first-order valence-electron chi connectivity index (χ1n) is 7.09. The number of carbonyl (C=O) groups is 1. The maximum atomic E-state index is 12.3. The lowest BCUT2D eigenvalue weighted by atomic mass is 9.70. The normalized spacial score (nSPS) is 35.8. The van der Waals surface area contributed by atoms with Crippen LogP contribution in [0.5, 0.6) is 0 Å². The van der Waals surface area contributed by atoms with Gasteiger partial charge in [-0.3, -0.25) is 9.08 Å². The highest BCUT2D eigenvalue weighted by atomic mass is 32.2. The van der Waals surface area contributed by atoms with Crippen LogP contribution in [0.15, 0.2) is 17.3 Å². The first-order chi connectivity index (χ1) is 9.77. The van der Waals surface area contributed by atoms with Crippen molar-refractivity contribution >= 4 is 32.7 Å². The van der Waals surface area contributed by atoms with Gasteiger partial charge in [0.15, 0.2) is 0 Å². The van der Waals surface area contributed by atoms with E-state index in [4.69, 9.17) is 4.28 Å². The van der Waals surface area contributed by atoms with Crippen LogP contribution in [-0.4, -0.2) is 30.8 Å². The predicted octanol–water partition coefficient (Wildman–Crippen LogP) is 2.34. The minimum Gasteiger partial charge on any atom is -0.299 e. The molecule has 5 nitrogen and oxygen atoms in total. The van der Waals surface area contributed by atoms with E-state index in [1.165, 1.54) is 11.8 Å². The van der Waals surface area contributed by atoms with Crippen molar-refractivity contribution in [2.45, 2.75) is 33.1 Å². The standard InChI is InChI=1S/C14H19NO4S2/c1-13(2)10-5-6-14(13,11(16)8-10)9-21(17,18)19-15-12-4-3-7-20-12/h3-4,10H,5-9H2,1-2H3/b15-12-. The number of rotatable bonds is 4. The molecule has 2 atom stereocenters. The predicted molar refractivity (Wildman–Crippen MR) is 82.5 cm³/mol. The van der Waals surface area contributed by atoms with E-state index in [0.29, 0.717) is 23.8 Å². The molecule has 2 fully saturated rings. The summed E-state index contributed by atoms with van der Waals surface area (Å²) in [4.78, 5) is 12.3.